The molecule has 0 saturated carbocycles. The first-order valence-electron chi connectivity index (χ1n) is 6.81. The van der Waals surface area contributed by atoms with Crippen LogP contribution in [-0.2, 0) is 5.75 Å². The van der Waals surface area contributed by atoms with E-state index in [2.05, 4.69) is 26.1 Å². The summed E-state index contributed by atoms with van der Waals surface area (Å²) in [4.78, 5) is 0. The quantitative estimate of drug-likeness (QED) is 0.877. The number of halogens is 1. The molecule has 1 heterocycles. The summed E-state index contributed by atoms with van der Waals surface area (Å²) in [6, 6.07) is 3.69. The van der Waals surface area contributed by atoms with E-state index in [4.69, 9.17) is 0 Å². The molecule has 18 heavy (non-hydrogen) atoms. The standard InChI is InChI=1S/C15H22FNS/c1-4-8-17-15-13(5-2)18-9-11-10(3)6-7-12(16)14(11)15/h6-7,13,15,17H,4-5,8-9H2,1-3H3. The van der Waals surface area contributed by atoms with Gasteiger partial charge in [0.15, 0.2) is 0 Å². The first-order chi connectivity index (χ1) is 8.69. The molecular weight excluding hydrogens is 245 g/mol. The molecule has 1 aliphatic rings. The van der Waals surface area contributed by atoms with E-state index in [1.807, 2.05) is 17.8 Å². The average molecular weight is 267 g/mol. The van der Waals surface area contributed by atoms with Crippen molar-refractivity contribution in [1.82, 2.24) is 5.32 Å². The van der Waals surface area contributed by atoms with Crippen molar-refractivity contribution in [2.24, 2.45) is 0 Å². The molecule has 2 atom stereocenters. The van der Waals surface area contributed by atoms with Crippen molar-refractivity contribution in [3.63, 3.8) is 0 Å². The van der Waals surface area contributed by atoms with E-state index in [1.54, 1.807) is 6.07 Å². The van der Waals surface area contributed by atoms with Crippen LogP contribution in [0.15, 0.2) is 12.1 Å². The second-order valence-corrected chi connectivity index (χ2v) is 6.17. The van der Waals surface area contributed by atoms with E-state index in [1.165, 1.54) is 11.1 Å². The Labute approximate surface area is 114 Å². The molecule has 0 aliphatic carbocycles. The summed E-state index contributed by atoms with van der Waals surface area (Å²) < 4.78 is 14.2. The number of thioether (sulfide) groups is 1. The minimum atomic E-state index is -0.0389. The van der Waals surface area contributed by atoms with Gasteiger partial charge in [0.1, 0.15) is 5.82 Å². The molecular formula is C15H22FNS. The lowest BCUT2D eigenvalue weighted by Gasteiger charge is -2.34. The zero-order chi connectivity index (χ0) is 13.1. The number of aryl methyl sites for hydroxylation is 1. The van der Waals surface area contributed by atoms with Gasteiger partial charge in [-0.05, 0) is 43.5 Å². The van der Waals surface area contributed by atoms with Gasteiger partial charge < -0.3 is 5.32 Å². The highest BCUT2D eigenvalue weighted by atomic mass is 32.2. The summed E-state index contributed by atoms with van der Waals surface area (Å²) in [5.41, 5.74) is 3.35. The Balaban J connectivity index is 2.39. The Morgan fingerprint density at radius 3 is 2.83 bits per heavy atom. The van der Waals surface area contributed by atoms with Crippen molar-refractivity contribution in [3.05, 3.63) is 34.6 Å². The maximum atomic E-state index is 14.2. The van der Waals surface area contributed by atoms with Crippen LogP contribution in [-0.4, -0.2) is 11.8 Å². The Kier molecular flexibility index (Phi) is 4.68. The maximum absolute atomic E-state index is 14.2. The molecule has 1 N–H and O–H groups in total. The minimum Gasteiger partial charge on any atom is -0.309 e. The highest BCUT2D eigenvalue weighted by molar-refractivity contribution is 7.99. The predicted octanol–water partition coefficient (Wildman–Crippen LogP) is 4.20. The number of nitrogens with one attached hydrogen (secondary N) is 1. The lowest BCUT2D eigenvalue weighted by Crippen LogP contribution is -2.34. The first kappa shape index (κ1) is 13.9. The third-order valence-electron chi connectivity index (χ3n) is 3.68. The molecule has 1 aliphatic heterocycles. The topological polar surface area (TPSA) is 12.0 Å². The van der Waals surface area contributed by atoms with Crippen molar-refractivity contribution in [2.45, 2.75) is 50.7 Å². The fourth-order valence-corrected chi connectivity index (χ4v) is 4.06. The Bertz CT molecular complexity index is 419. The highest BCUT2D eigenvalue weighted by Gasteiger charge is 2.31. The molecule has 0 bridgehead atoms. The van der Waals surface area contributed by atoms with Gasteiger partial charge in [0.05, 0.1) is 0 Å². The van der Waals surface area contributed by atoms with E-state index in [-0.39, 0.29) is 11.9 Å². The molecule has 0 spiro atoms. The zero-order valence-electron chi connectivity index (χ0n) is 11.4. The first-order valence-corrected chi connectivity index (χ1v) is 7.86. The third-order valence-corrected chi connectivity index (χ3v) is 5.17. The molecule has 0 fully saturated rings. The van der Waals surface area contributed by atoms with Gasteiger partial charge in [-0.1, -0.05) is 19.9 Å². The van der Waals surface area contributed by atoms with Crippen LogP contribution >= 0.6 is 11.8 Å². The third kappa shape index (κ3) is 2.57. The molecule has 3 heteroatoms. The summed E-state index contributed by atoms with van der Waals surface area (Å²) in [5.74, 6) is 0.907. The van der Waals surface area contributed by atoms with Gasteiger partial charge in [0.25, 0.3) is 0 Å². The van der Waals surface area contributed by atoms with Crippen LogP contribution < -0.4 is 5.32 Å². The molecule has 100 valence electrons. The van der Waals surface area contributed by atoms with Crippen LogP contribution in [0.25, 0.3) is 0 Å². The Morgan fingerprint density at radius 2 is 2.17 bits per heavy atom. The number of hydrogen-bond donors (Lipinski definition) is 1. The summed E-state index contributed by atoms with van der Waals surface area (Å²) >= 11 is 1.96. The van der Waals surface area contributed by atoms with Gasteiger partial charge >= 0.3 is 0 Å². The van der Waals surface area contributed by atoms with Crippen LogP contribution in [0.4, 0.5) is 4.39 Å². The highest BCUT2D eigenvalue weighted by Crippen LogP contribution is 2.41. The normalized spacial score (nSPS) is 22.9. The largest absolute Gasteiger partial charge is 0.309 e. The van der Waals surface area contributed by atoms with E-state index in [9.17, 15) is 4.39 Å². The van der Waals surface area contributed by atoms with Gasteiger partial charge in [-0.15, -0.1) is 0 Å². The molecule has 2 rings (SSSR count). The van der Waals surface area contributed by atoms with E-state index >= 15 is 0 Å². The molecule has 1 aromatic carbocycles. The molecule has 0 saturated heterocycles. The van der Waals surface area contributed by atoms with Gasteiger partial charge in [-0.3, -0.25) is 0 Å². The second-order valence-electron chi connectivity index (χ2n) is 4.95. The summed E-state index contributed by atoms with van der Waals surface area (Å²) in [6.45, 7) is 7.38. The number of fused-ring (bicyclic) bond motifs is 1. The monoisotopic (exact) mass is 267 g/mol. The molecule has 1 nitrogen and oxygen atoms in total. The number of rotatable bonds is 4. The van der Waals surface area contributed by atoms with Gasteiger partial charge in [0.2, 0.25) is 0 Å². The Hall–Kier alpha value is -0.540. The molecule has 2 unspecified atom stereocenters. The van der Waals surface area contributed by atoms with Crippen LogP contribution in [0.5, 0.6) is 0 Å². The summed E-state index contributed by atoms with van der Waals surface area (Å²) in [7, 11) is 0. The van der Waals surface area contributed by atoms with E-state index < -0.39 is 0 Å². The number of hydrogen-bond acceptors (Lipinski definition) is 2. The maximum Gasteiger partial charge on any atom is 0.128 e. The average Bonchev–Trinajstić information content (AvgIpc) is 2.39. The van der Waals surface area contributed by atoms with E-state index in [0.717, 1.165) is 30.7 Å². The van der Waals surface area contributed by atoms with Crippen LogP contribution in [0.2, 0.25) is 0 Å². The van der Waals surface area contributed by atoms with Crippen LogP contribution in [0, 0.1) is 12.7 Å². The molecule has 0 radical (unpaired) electrons. The predicted molar refractivity (Wildman–Crippen MR) is 77.5 cm³/mol. The van der Waals surface area contributed by atoms with Crippen LogP contribution in [0.1, 0.15) is 49.4 Å². The van der Waals surface area contributed by atoms with Crippen molar-refractivity contribution < 1.29 is 4.39 Å². The van der Waals surface area contributed by atoms with Gasteiger partial charge in [-0.25, -0.2) is 4.39 Å². The van der Waals surface area contributed by atoms with Crippen molar-refractivity contribution in [3.8, 4) is 0 Å². The zero-order valence-corrected chi connectivity index (χ0v) is 12.2. The molecule has 1 aromatic rings. The summed E-state index contributed by atoms with van der Waals surface area (Å²) in [5, 5.41) is 4.02. The molecule has 0 aromatic heterocycles. The fraction of sp³-hybridized carbons (Fsp3) is 0.600. The fourth-order valence-electron chi connectivity index (χ4n) is 2.63. The van der Waals surface area contributed by atoms with E-state index in [0.29, 0.717) is 5.25 Å². The minimum absolute atomic E-state index is 0.0389. The van der Waals surface area contributed by atoms with Gasteiger partial charge in [-0.2, -0.15) is 11.8 Å². The lowest BCUT2D eigenvalue weighted by atomic mass is 9.93. The van der Waals surface area contributed by atoms with Gasteiger partial charge in [0, 0.05) is 22.6 Å². The van der Waals surface area contributed by atoms with Crippen molar-refractivity contribution >= 4 is 11.8 Å². The summed E-state index contributed by atoms with van der Waals surface area (Å²) in [6.07, 6.45) is 2.17. The van der Waals surface area contributed by atoms with Crippen molar-refractivity contribution in [2.75, 3.05) is 6.54 Å². The second kappa shape index (κ2) is 6.07. The van der Waals surface area contributed by atoms with Crippen molar-refractivity contribution in [1.29, 1.82) is 0 Å². The Morgan fingerprint density at radius 1 is 1.39 bits per heavy atom. The number of benzene rings is 1. The van der Waals surface area contributed by atoms with Crippen LogP contribution in [0.3, 0.4) is 0 Å². The smallest absolute Gasteiger partial charge is 0.128 e. The SMILES string of the molecule is CCCNC1c2c(F)ccc(C)c2CSC1CC. The lowest BCUT2D eigenvalue weighted by molar-refractivity contribution is 0.471. The molecule has 0 amide bonds.